The predicted octanol–water partition coefficient (Wildman–Crippen LogP) is 3.58. The number of aliphatic hydroxyl groups is 1. The van der Waals surface area contributed by atoms with E-state index in [4.69, 9.17) is 0 Å². The Hall–Kier alpha value is -1.00. The van der Waals surface area contributed by atoms with Gasteiger partial charge in [0.05, 0.1) is 12.6 Å². The van der Waals surface area contributed by atoms with Crippen molar-refractivity contribution in [2.24, 2.45) is 0 Å². The molecule has 0 saturated heterocycles. The Bertz CT molecular complexity index is 391. The molecule has 1 atom stereocenters. The van der Waals surface area contributed by atoms with Gasteiger partial charge in [-0.25, -0.2) is 8.78 Å². The van der Waals surface area contributed by atoms with Crippen molar-refractivity contribution >= 4 is 0 Å². The Morgan fingerprint density at radius 3 is 2.47 bits per heavy atom. The van der Waals surface area contributed by atoms with Crippen LogP contribution in [0.5, 0.6) is 0 Å². The van der Waals surface area contributed by atoms with Crippen LogP contribution in [0.2, 0.25) is 0 Å². The highest BCUT2D eigenvalue weighted by Gasteiger charge is 2.19. The second-order valence-corrected chi connectivity index (χ2v) is 5.21. The molecule has 0 heterocycles. The van der Waals surface area contributed by atoms with Crippen LogP contribution in [0, 0.1) is 0 Å². The van der Waals surface area contributed by atoms with Crippen LogP contribution >= 0.6 is 0 Å². The van der Waals surface area contributed by atoms with Gasteiger partial charge in [0.2, 0.25) is 0 Å². The van der Waals surface area contributed by atoms with Crippen LogP contribution in [-0.2, 0) is 0 Å². The smallest absolute Gasteiger partial charge is 0.263 e. The molecule has 19 heavy (non-hydrogen) atoms. The molecule has 1 aliphatic rings. The summed E-state index contributed by atoms with van der Waals surface area (Å²) in [7, 11) is 0. The second-order valence-electron chi connectivity index (χ2n) is 5.21. The number of alkyl halides is 2. The normalized spacial score (nSPS) is 18.7. The van der Waals surface area contributed by atoms with Gasteiger partial charge < -0.3 is 10.4 Å². The molecule has 0 aliphatic heterocycles. The summed E-state index contributed by atoms with van der Waals surface area (Å²) in [6.45, 7) is -0.0663. The van der Waals surface area contributed by atoms with E-state index in [-0.39, 0.29) is 18.2 Å². The monoisotopic (exact) mass is 269 g/mol. The van der Waals surface area contributed by atoms with Gasteiger partial charge in [-0.3, -0.25) is 0 Å². The number of hydrogen-bond acceptors (Lipinski definition) is 2. The average molecular weight is 269 g/mol. The van der Waals surface area contributed by atoms with E-state index in [1.54, 1.807) is 12.1 Å². The Labute approximate surface area is 112 Å². The van der Waals surface area contributed by atoms with E-state index in [1.807, 2.05) is 0 Å². The summed E-state index contributed by atoms with van der Waals surface area (Å²) in [4.78, 5) is 0. The zero-order valence-corrected chi connectivity index (χ0v) is 11.0. The molecular formula is C15H21F2NO. The lowest BCUT2D eigenvalue weighted by atomic mass is 9.94. The van der Waals surface area contributed by atoms with E-state index in [0.29, 0.717) is 6.04 Å². The number of benzene rings is 1. The molecule has 2 N–H and O–H groups in total. The molecule has 1 unspecified atom stereocenters. The third kappa shape index (κ3) is 3.98. The molecule has 1 aromatic rings. The molecule has 2 rings (SSSR count). The molecule has 0 amide bonds. The first-order valence-electron chi connectivity index (χ1n) is 6.95. The van der Waals surface area contributed by atoms with Gasteiger partial charge in [0.25, 0.3) is 6.43 Å². The summed E-state index contributed by atoms with van der Waals surface area (Å²) in [5, 5.41) is 12.9. The van der Waals surface area contributed by atoms with Crippen LogP contribution in [0.25, 0.3) is 0 Å². The Balaban J connectivity index is 2.05. The van der Waals surface area contributed by atoms with Crippen molar-refractivity contribution in [3.8, 4) is 0 Å². The van der Waals surface area contributed by atoms with Crippen LogP contribution in [0.15, 0.2) is 24.3 Å². The van der Waals surface area contributed by atoms with Gasteiger partial charge in [0, 0.05) is 11.6 Å². The van der Waals surface area contributed by atoms with Crippen molar-refractivity contribution in [1.82, 2.24) is 5.32 Å². The minimum absolute atomic E-state index is 0.0152. The molecule has 1 fully saturated rings. The van der Waals surface area contributed by atoms with Gasteiger partial charge in [-0.2, -0.15) is 0 Å². The fraction of sp³-hybridized carbons (Fsp3) is 0.600. The van der Waals surface area contributed by atoms with Crippen molar-refractivity contribution < 1.29 is 13.9 Å². The molecule has 106 valence electrons. The SMILES string of the molecule is OCC(NC1CCCCC1)c1cccc(C(F)F)c1. The van der Waals surface area contributed by atoms with Crippen molar-refractivity contribution in [1.29, 1.82) is 0 Å². The zero-order chi connectivity index (χ0) is 13.7. The Morgan fingerprint density at radius 2 is 1.84 bits per heavy atom. The molecule has 1 saturated carbocycles. The van der Waals surface area contributed by atoms with Gasteiger partial charge in [0.15, 0.2) is 0 Å². The van der Waals surface area contributed by atoms with Crippen LogP contribution in [-0.4, -0.2) is 17.8 Å². The summed E-state index contributed by atoms with van der Waals surface area (Å²) in [6, 6.07) is 6.47. The maximum Gasteiger partial charge on any atom is 0.263 e. The molecule has 0 radical (unpaired) electrons. The number of aliphatic hydroxyl groups excluding tert-OH is 1. The topological polar surface area (TPSA) is 32.3 Å². The summed E-state index contributed by atoms with van der Waals surface area (Å²) >= 11 is 0. The first-order valence-corrected chi connectivity index (χ1v) is 6.95. The number of hydrogen-bond donors (Lipinski definition) is 2. The highest BCUT2D eigenvalue weighted by atomic mass is 19.3. The van der Waals surface area contributed by atoms with Gasteiger partial charge in [-0.05, 0) is 24.5 Å². The minimum Gasteiger partial charge on any atom is -0.394 e. The predicted molar refractivity (Wildman–Crippen MR) is 71.2 cm³/mol. The van der Waals surface area contributed by atoms with E-state index in [0.717, 1.165) is 18.4 Å². The lowest BCUT2D eigenvalue weighted by Gasteiger charge is -2.28. The zero-order valence-electron chi connectivity index (χ0n) is 11.0. The van der Waals surface area contributed by atoms with Crippen LogP contribution in [0.3, 0.4) is 0 Å². The van der Waals surface area contributed by atoms with E-state index >= 15 is 0 Å². The number of nitrogens with one attached hydrogen (secondary N) is 1. The number of rotatable bonds is 5. The fourth-order valence-electron chi connectivity index (χ4n) is 2.72. The van der Waals surface area contributed by atoms with Crippen molar-refractivity contribution in [2.75, 3.05) is 6.61 Å². The highest BCUT2D eigenvalue weighted by Crippen LogP contribution is 2.25. The lowest BCUT2D eigenvalue weighted by Crippen LogP contribution is -2.36. The maximum atomic E-state index is 12.7. The second kappa shape index (κ2) is 6.96. The standard InChI is InChI=1S/C15H21F2NO/c16-15(17)12-6-4-5-11(9-12)14(10-19)18-13-7-2-1-3-8-13/h4-6,9,13-15,18-19H,1-3,7-8,10H2. The molecular weight excluding hydrogens is 248 g/mol. The molecule has 0 bridgehead atoms. The largest absolute Gasteiger partial charge is 0.394 e. The summed E-state index contributed by atoms with van der Waals surface area (Å²) in [5.41, 5.74) is 0.757. The quantitative estimate of drug-likeness (QED) is 0.856. The highest BCUT2D eigenvalue weighted by molar-refractivity contribution is 5.27. The van der Waals surface area contributed by atoms with Gasteiger partial charge in [-0.15, -0.1) is 0 Å². The molecule has 0 spiro atoms. The first kappa shape index (κ1) is 14.4. The summed E-state index contributed by atoms with van der Waals surface area (Å²) in [5.74, 6) is 0. The maximum absolute atomic E-state index is 12.7. The van der Waals surface area contributed by atoms with Crippen molar-refractivity contribution in [3.63, 3.8) is 0 Å². The van der Waals surface area contributed by atoms with E-state index in [1.165, 1.54) is 31.4 Å². The van der Waals surface area contributed by atoms with E-state index in [9.17, 15) is 13.9 Å². The minimum atomic E-state index is -2.46. The Kier molecular flexibility index (Phi) is 5.28. The van der Waals surface area contributed by atoms with Crippen molar-refractivity contribution in [3.05, 3.63) is 35.4 Å². The third-order valence-corrected chi connectivity index (χ3v) is 3.79. The third-order valence-electron chi connectivity index (χ3n) is 3.79. The Morgan fingerprint density at radius 1 is 1.16 bits per heavy atom. The van der Waals surface area contributed by atoms with Crippen LogP contribution in [0.4, 0.5) is 8.78 Å². The summed E-state index contributed by atoms with van der Waals surface area (Å²) in [6.07, 6.45) is 3.41. The van der Waals surface area contributed by atoms with Gasteiger partial charge in [-0.1, -0.05) is 37.5 Å². The van der Waals surface area contributed by atoms with Crippen molar-refractivity contribution in [2.45, 2.75) is 50.6 Å². The van der Waals surface area contributed by atoms with Crippen LogP contribution < -0.4 is 5.32 Å². The molecule has 2 nitrogen and oxygen atoms in total. The van der Waals surface area contributed by atoms with Crippen LogP contribution in [0.1, 0.15) is 55.7 Å². The first-order chi connectivity index (χ1) is 9.20. The molecule has 0 aromatic heterocycles. The number of halogens is 2. The van der Waals surface area contributed by atoms with E-state index < -0.39 is 6.43 Å². The molecule has 1 aliphatic carbocycles. The molecule has 1 aromatic carbocycles. The fourth-order valence-corrected chi connectivity index (χ4v) is 2.72. The van der Waals surface area contributed by atoms with E-state index in [2.05, 4.69) is 5.32 Å². The lowest BCUT2D eigenvalue weighted by molar-refractivity contribution is 0.151. The van der Waals surface area contributed by atoms with Gasteiger partial charge >= 0.3 is 0 Å². The average Bonchev–Trinajstić information content (AvgIpc) is 2.46. The molecule has 4 heteroatoms. The van der Waals surface area contributed by atoms with Gasteiger partial charge in [0.1, 0.15) is 0 Å². The summed E-state index contributed by atoms with van der Waals surface area (Å²) < 4.78 is 25.4.